The molecule has 1 saturated heterocycles. The molecule has 0 aliphatic carbocycles. The number of carbonyl (C=O) groups excluding carboxylic acids is 2. The van der Waals surface area contributed by atoms with Gasteiger partial charge >= 0.3 is 5.97 Å². The lowest BCUT2D eigenvalue weighted by atomic mass is 9.84. The fourth-order valence-corrected chi connectivity index (χ4v) is 2.62. The summed E-state index contributed by atoms with van der Waals surface area (Å²) < 4.78 is 10.3. The number of Topliss-reactive ketones (excluding diaryl/α,β-unsaturated/α-hetero) is 1. The summed E-state index contributed by atoms with van der Waals surface area (Å²) >= 11 is 0. The fraction of sp³-hybridized carbons (Fsp3) is 0.556. The van der Waals surface area contributed by atoms with Crippen LogP contribution in [0.2, 0.25) is 0 Å². The summed E-state index contributed by atoms with van der Waals surface area (Å²) in [4.78, 5) is 22.3. The number of hydrogen-bond acceptors (Lipinski definition) is 5. The molecule has 5 nitrogen and oxygen atoms in total. The summed E-state index contributed by atoms with van der Waals surface area (Å²) in [6.45, 7) is 8.30. The lowest BCUT2D eigenvalue weighted by Crippen LogP contribution is -2.52. The molecule has 1 aromatic carbocycles. The van der Waals surface area contributed by atoms with Crippen LogP contribution in [0.3, 0.4) is 0 Å². The maximum Gasteiger partial charge on any atom is 0.302 e. The average Bonchev–Trinajstić information content (AvgIpc) is 2.48. The Morgan fingerprint density at radius 1 is 1.09 bits per heavy atom. The number of aryl methyl sites for hydroxylation is 1. The van der Waals surface area contributed by atoms with Gasteiger partial charge in [0.2, 0.25) is 0 Å². The summed E-state index contributed by atoms with van der Waals surface area (Å²) in [5, 5.41) is 9.63. The van der Waals surface area contributed by atoms with Crippen LogP contribution in [0.1, 0.15) is 33.3 Å². The first-order chi connectivity index (χ1) is 10.7. The van der Waals surface area contributed by atoms with Crippen LogP contribution >= 0.6 is 0 Å². The summed E-state index contributed by atoms with van der Waals surface area (Å²) in [5.74, 6) is -1.18. The SMILES string of the molecule is CC(=O)OC1C(C)C(O)OC(C(C)=O)C1C.Cc1ccccc1. The molecule has 1 heterocycles. The molecule has 1 aromatic rings. The average molecular weight is 322 g/mol. The third-order valence-corrected chi connectivity index (χ3v) is 3.89. The van der Waals surface area contributed by atoms with Crippen LogP contribution in [-0.4, -0.2) is 35.4 Å². The van der Waals surface area contributed by atoms with Crippen molar-refractivity contribution in [1.82, 2.24) is 0 Å². The minimum atomic E-state index is -1.07. The van der Waals surface area contributed by atoms with Crippen LogP contribution in [-0.2, 0) is 19.1 Å². The molecule has 0 radical (unpaired) electrons. The Kier molecular flexibility index (Phi) is 7.39. The first kappa shape index (κ1) is 19.3. The van der Waals surface area contributed by atoms with E-state index >= 15 is 0 Å². The maximum absolute atomic E-state index is 11.3. The second kappa shape index (κ2) is 8.79. The van der Waals surface area contributed by atoms with E-state index in [0.29, 0.717) is 0 Å². The maximum atomic E-state index is 11.3. The highest BCUT2D eigenvalue weighted by Crippen LogP contribution is 2.31. The lowest BCUT2D eigenvalue weighted by Gasteiger charge is -2.41. The zero-order valence-electron chi connectivity index (χ0n) is 14.4. The van der Waals surface area contributed by atoms with Gasteiger partial charge < -0.3 is 14.6 Å². The number of ketones is 1. The van der Waals surface area contributed by atoms with Crippen molar-refractivity contribution in [3.05, 3.63) is 35.9 Å². The number of ether oxygens (including phenoxy) is 2. The predicted molar refractivity (Wildman–Crippen MR) is 86.6 cm³/mol. The molecule has 1 N–H and O–H groups in total. The van der Waals surface area contributed by atoms with Gasteiger partial charge in [0.1, 0.15) is 12.2 Å². The quantitative estimate of drug-likeness (QED) is 0.847. The zero-order valence-corrected chi connectivity index (χ0v) is 14.4. The summed E-state index contributed by atoms with van der Waals surface area (Å²) in [6, 6.07) is 10.3. The van der Waals surface area contributed by atoms with Crippen molar-refractivity contribution in [1.29, 1.82) is 0 Å². The van der Waals surface area contributed by atoms with Gasteiger partial charge in [-0.2, -0.15) is 0 Å². The van der Waals surface area contributed by atoms with E-state index in [-0.39, 0.29) is 17.6 Å². The van der Waals surface area contributed by atoms with Crippen LogP contribution in [0.15, 0.2) is 30.3 Å². The van der Waals surface area contributed by atoms with Gasteiger partial charge in [0, 0.05) is 18.8 Å². The second-order valence-electron chi connectivity index (χ2n) is 6.00. The molecular weight excluding hydrogens is 296 g/mol. The number of esters is 1. The van der Waals surface area contributed by atoms with Crippen LogP contribution in [0.4, 0.5) is 0 Å². The Bertz CT molecular complexity index is 513. The molecule has 23 heavy (non-hydrogen) atoms. The van der Waals surface area contributed by atoms with Gasteiger partial charge in [0.25, 0.3) is 0 Å². The molecule has 0 saturated carbocycles. The highest BCUT2D eigenvalue weighted by molar-refractivity contribution is 5.81. The number of aliphatic hydroxyl groups excluding tert-OH is 1. The number of carbonyl (C=O) groups is 2. The molecule has 1 aliphatic heterocycles. The fourth-order valence-electron chi connectivity index (χ4n) is 2.62. The monoisotopic (exact) mass is 322 g/mol. The Morgan fingerprint density at radius 2 is 1.65 bits per heavy atom. The van der Waals surface area contributed by atoms with E-state index in [1.165, 1.54) is 19.4 Å². The van der Waals surface area contributed by atoms with Crippen molar-refractivity contribution < 1.29 is 24.2 Å². The van der Waals surface area contributed by atoms with Gasteiger partial charge in [-0.1, -0.05) is 49.7 Å². The summed E-state index contributed by atoms with van der Waals surface area (Å²) in [5.41, 5.74) is 1.32. The van der Waals surface area contributed by atoms with Crippen molar-refractivity contribution in [3.8, 4) is 0 Å². The van der Waals surface area contributed by atoms with E-state index < -0.39 is 24.5 Å². The molecule has 5 atom stereocenters. The minimum absolute atomic E-state index is 0.171. The number of hydrogen-bond donors (Lipinski definition) is 1. The van der Waals surface area contributed by atoms with E-state index in [0.717, 1.165) is 0 Å². The number of rotatable bonds is 2. The van der Waals surface area contributed by atoms with Gasteiger partial charge in [0.05, 0.1) is 0 Å². The van der Waals surface area contributed by atoms with Crippen molar-refractivity contribution in [3.63, 3.8) is 0 Å². The van der Waals surface area contributed by atoms with Gasteiger partial charge in [-0.25, -0.2) is 0 Å². The summed E-state index contributed by atoms with van der Waals surface area (Å²) in [7, 11) is 0. The third-order valence-electron chi connectivity index (χ3n) is 3.89. The number of aliphatic hydroxyl groups is 1. The summed E-state index contributed by atoms with van der Waals surface area (Å²) in [6.07, 6.45) is -2.28. The third kappa shape index (κ3) is 5.77. The van der Waals surface area contributed by atoms with Crippen molar-refractivity contribution in [2.45, 2.75) is 53.1 Å². The van der Waals surface area contributed by atoms with E-state index in [1.807, 2.05) is 18.2 Å². The van der Waals surface area contributed by atoms with Gasteiger partial charge in [-0.05, 0) is 13.8 Å². The smallest absolute Gasteiger partial charge is 0.302 e. The van der Waals surface area contributed by atoms with Crippen LogP contribution in [0.5, 0.6) is 0 Å². The molecule has 1 fully saturated rings. The van der Waals surface area contributed by atoms with Gasteiger partial charge in [-0.15, -0.1) is 0 Å². The molecule has 5 unspecified atom stereocenters. The molecule has 0 bridgehead atoms. The van der Waals surface area contributed by atoms with Crippen molar-refractivity contribution in [2.75, 3.05) is 0 Å². The zero-order chi connectivity index (χ0) is 17.6. The standard InChI is InChI=1S/C11H18O5.C7H8/c1-5-9(15-8(4)13)6(2)11(14)16-10(5)7(3)12;1-7-5-3-2-4-6-7/h5-6,9-11,14H,1-4H3;2-6H,1H3. The topological polar surface area (TPSA) is 72.8 Å². The van der Waals surface area contributed by atoms with Gasteiger partial charge in [-0.3, -0.25) is 9.59 Å². The molecule has 1 aliphatic rings. The molecule has 0 spiro atoms. The van der Waals surface area contributed by atoms with E-state index in [4.69, 9.17) is 9.47 Å². The van der Waals surface area contributed by atoms with Crippen molar-refractivity contribution in [2.24, 2.45) is 11.8 Å². The minimum Gasteiger partial charge on any atom is -0.462 e. The Hall–Kier alpha value is -1.72. The Balaban J connectivity index is 0.000000313. The molecule has 5 heteroatoms. The molecule has 128 valence electrons. The van der Waals surface area contributed by atoms with Gasteiger partial charge in [0.15, 0.2) is 12.1 Å². The molecule has 0 amide bonds. The normalized spacial score (nSPS) is 29.9. The molecule has 0 aromatic heterocycles. The largest absolute Gasteiger partial charge is 0.462 e. The molecule has 2 rings (SSSR count). The van der Waals surface area contributed by atoms with Crippen LogP contribution in [0.25, 0.3) is 0 Å². The Labute approximate surface area is 137 Å². The highest BCUT2D eigenvalue weighted by Gasteiger charge is 2.44. The highest BCUT2D eigenvalue weighted by atomic mass is 16.6. The van der Waals surface area contributed by atoms with Crippen LogP contribution in [0, 0.1) is 18.8 Å². The Morgan fingerprint density at radius 3 is 2.04 bits per heavy atom. The van der Waals surface area contributed by atoms with Crippen molar-refractivity contribution >= 4 is 11.8 Å². The van der Waals surface area contributed by atoms with Crippen LogP contribution < -0.4 is 0 Å². The molecular formula is C18H26O5. The number of benzene rings is 1. The van der Waals surface area contributed by atoms with E-state index in [9.17, 15) is 14.7 Å². The first-order valence-electron chi connectivity index (χ1n) is 7.77. The lowest BCUT2D eigenvalue weighted by molar-refractivity contribution is -0.242. The van der Waals surface area contributed by atoms with E-state index in [1.54, 1.807) is 13.8 Å². The van der Waals surface area contributed by atoms with E-state index in [2.05, 4.69) is 19.1 Å². The second-order valence-corrected chi connectivity index (χ2v) is 6.00. The first-order valence-corrected chi connectivity index (χ1v) is 7.77. The predicted octanol–water partition coefficient (Wildman–Crippen LogP) is 2.49.